The Balaban J connectivity index is 1.73. The Bertz CT molecular complexity index is 915. The summed E-state index contributed by atoms with van der Waals surface area (Å²) in [6.07, 6.45) is 2.35. The van der Waals surface area contributed by atoms with Gasteiger partial charge in [-0.1, -0.05) is 35.0 Å². The molecule has 0 unspecified atom stereocenters. The molecule has 0 aliphatic carbocycles. The van der Waals surface area contributed by atoms with E-state index in [-0.39, 0.29) is 11.0 Å². The van der Waals surface area contributed by atoms with Crippen molar-refractivity contribution in [2.45, 2.75) is 19.8 Å². The molecule has 154 valence electrons. The van der Waals surface area contributed by atoms with Crippen molar-refractivity contribution in [1.29, 1.82) is 0 Å². The van der Waals surface area contributed by atoms with Gasteiger partial charge in [0.15, 0.2) is 5.11 Å². The van der Waals surface area contributed by atoms with Gasteiger partial charge in [0, 0.05) is 17.6 Å². The summed E-state index contributed by atoms with van der Waals surface area (Å²) < 4.78 is 6.81. The number of carbonyl (C=O) groups is 1. The maximum absolute atomic E-state index is 12.8. The number of nitrogens with zero attached hydrogens (tertiary/aromatic N) is 1. The number of benzene rings is 2. The van der Waals surface area contributed by atoms with E-state index in [0.717, 1.165) is 34.9 Å². The third kappa shape index (κ3) is 5.49. The minimum Gasteiger partial charge on any atom is -0.495 e. The molecular formula is C21H23Br2N3O2S. The third-order valence-corrected chi connectivity index (χ3v) is 6.21. The van der Waals surface area contributed by atoms with Crippen LogP contribution in [-0.2, 0) is 0 Å². The molecule has 0 aromatic heterocycles. The first-order valence-corrected chi connectivity index (χ1v) is 11.4. The fourth-order valence-electron chi connectivity index (χ4n) is 3.37. The number of thiocarbonyl (C=S) groups is 1. The molecule has 1 aliphatic rings. The van der Waals surface area contributed by atoms with Crippen LogP contribution in [-0.4, -0.2) is 31.2 Å². The predicted molar refractivity (Wildman–Crippen MR) is 129 cm³/mol. The van der Waals surface area contributed by atoms with Crippen LogP contribution in [0.1, 0.15) is 30.1 Å². The van der Waals surface area contributed by atoms with Crippen LogP contribution < -0.4 is 20.3 Å². The first-order valence-electron chi connectivity index (χ1n) is 9.38. The summed E-state index contributed by atoms with van der Waals surface area (Å²) in [5.41, 5.74) is 2.37. The maximum atomic E-state index is 12.8. The first-order chi connectivity index (χ1) is 13.9. The highest BCUT2D eigenvalue weighted by atomic mass is 79.9. The van der Waals surface area contributed by atoms with Crippen LogP contribution in [0.3, 0.4) is 0 Å². The lowest BCUT2D eigenvalue weighted by Crippen LogP contribution is -2.36. The lowest BCUT2D eigenvalue weighted by atomic mass is 9.98. The average Bonchev–Trinajstić information content (AvgIpc) is 2.68. The van der Waals surface area contributed by atoms with E-state index < -0.39 is 0 Å². The van der Waals surface area contributed by atoms with E-state index in [0.29, 0.717) is 15.8 Å². The number of hydrogen-bond donors (Lipinski definition) is 2. The first kappa shape index (κ1) is 22.1. The maximum Gasteiger partial charge on any atom is 0.261 e. The van der Waals surface area contributed by atoms with Crippen LogP contribution in [0, 0.1) is 5.92 Å². The standard InChI is InChI=1S/C21H23Br2N3O2S/c1-13-7-9-26(10-8-13)18-6-4-3-5-17(18)24-21(29)25-20(27)15-11-14(22)12-16(23)19(15)28-2/h3-6,11-13H,7-10H2,1-2H3,(H2,24,25,27,29). The van der Waals surface area contributed by atoms with Gasteiger partial charge >= 0.3 is 0 Å². The Labute approximate surface area is 193 Å². The Morgan fingerprint density at radius 1 is 1.21 bits per heavy atom. The molecule has 1 aliphatic heterocycles. The Morgan fingerprint density at radius 2 is 1.90 bits per heavy atom. The monoisotopic (exact) mass is 539 g/mol. The van der Waals surface area contributed by atoms with Gasteiger partial charge in [-0.15, -0.1) is 0 Å². The molecule has 3 rings (SSSR count). The van der Waals surface area contributed by atoms with E-state index in [4.69, 9.17) is 17.0 Å². The van der Waals surface area contributed by atoms with Crippen LogP contribution in [0.15, 0.2) is 45.3 Å². The minimum absolute atomic E-state index is 0.242. The zero-order chi connectivity index (χ0) is 21.0. The topological polar surface area (TPSA) is 53.6 Å². The normalized spacial score (nSPS) is 14.4. The van der Waals surface area contributed by atoms with Crippen LogP contribution in [0.25, 0.3) is 0 Å². The highest BCUT2D eigenvalue weighted by Crippen LogP contribution is 2.33. The van der Waals surface area contributed by atoms with E-state index in [1.54, 1.807) is 6.07 Å². The zero-order valence-electron chi connectivity index (χ0n) is 16.3. The molecule has 1 fully saturated rings. The molecule has 0 radical (unpaired) electrons. The predicted octanol–water partition coefficient (Wildman–Crippen LogP) is 5.58. The number of carbonyl (C=O) groups excluding carboxylic acids is 1. The summed E-state index contributed by atoms with van der Waals surface area (Å²) in [7, 11) is 1.52. The zero-order valence-corrected chi connectivity index (χ0v) is 20.3. The van der Waals surface area contributed by atoms with Gasteiger partial charge in [-0.3, -0.25) is 10.1 Å². The molecule has 0 atom stereocenters. The Morgan fingerprint density at radius 3 is 2.59 bits per heavy atom. The van der Waals surface area contributed by atoms with E-state index in [1.807, 2.05) is 24.3 Å². The van der Waals surface area contributed by atoms with Gasteiger partial charge in [0.1, 0.15) is 5.75 Å². The van der Waals surface area contributed by atoms with Gasteiger partial charge in [-0.25, -0.2) is 0 Å². The number of methoxy groups -OCH3 is 1. The van der Waals surface area contributed by atoms with Crippen molar-refractivity contribution in [2.75, 3.05) is 30.4 Å². The van der Waals surface area contributed by atoms with Crippen molar-refractivity contribution in [3.8, 4) is 5.75 Å². The molecule has 0 bridgehead atoms. The van der Waals surface area contributed by atoms with Crippen LogP contribution in [0.4, 0.5) is 11.4 Å². The fraction of sp³-hybridized carbons (Fsp3) is 0.333. The fourth-order valence-corrected chi connectivity index (χ4v) is 4.95. The number of hydrogen-bond acceptors (Lipinski definition) is 4. The second kappa shape index (κ2) is 9.91. The summed E-state index contributed by atoms with van der Waals surface area (Å²) in [5, 5.41) is 6.17. The smallest absolute Gasteiger partial charge is 0.261 e. The molecule has 2 aromatic rings. The van der Waals surface area contributed by atoms with Crippen molar-refractivity contribution < 1.29 is 9.53 Å². The average molecular weight is 541 g/mol. The van der Waals surface area contributed by atoms with Gasteiger partial charge in [-0.2, -0.15) is 0 Å². The number of ether oxygens (including phenoxy) is 1. The van der Waals surface area contributed by atoms with E-state index in [2.05, 4.69) is 60.4 Å². The van der Waals surface area contributed by atoms with Crippen molar-refractivity contribution in [2.24, 2.45) is 5.92 Å². The molecule has 8 heteroatoms. The molecule has 0 saturated carbocycles. The molecule has 0 spiro atoms. The SMILES string of the molecule is COc1c(Br)cc(Br)cc1C(=O)NC(=S)Nc1ccccc1N1CCC(C)CC1. The van der Waals surface area contributed by atoms with Gasteiger partial charge < -0.3 is 15.0 Å². The second-order valence-electron chi connectivity index (χ2n) is 7.06. The Hall–Kier alpha value is -1.64. The molecule has 1 saturated heterocycles. The molecule has 2 N–H and O–H groups in total. The van der Waals surface area contributed by atoms with Crippen molar-refractivity contribution in [3.63, 3.8) is 0 Å². The molecule has 29 heavy (non-hydrogen) atoms. The lowest BCUT2D eigenvalue weighted by Gasteiger charge is -2.33. The summed E-state index contributed by atoms with van der Waals surface area (Å²) in [6, 6.07) is 11.5. The van der Waals surface area contributed by atoms with Gasteiger partial charge in [0.25, 0.3) is 5.91 Å². The van der Waals surface area contributed by atoms with Gasteiger partial charge in [-0.05, 0) is 71.2 Å². The van der Waals surface area contributed by atoms with Crippen molar-refractivity contribution in [1.82, 2.24) is 5.32 Å². The second-order valence-corrected chi connectivity index (χ2v) is 9.24. The van der Waals surface area contributed by atoms with Crippen molar-refractivity contribution >= 4 is 66.5 Å². The summed E-state index contributed by atoms with van der Waals surface area (Å²) in [6.45, 7) is 4.32. The highest BCUT2D eigenvalue weighted by Gasteiger charge is 2.20. The van der Waals surface area contributed by atoms with Gasteiger partial charge in [0.2, 0.25) is 0 Å². The minimum atomic E-state index is -0.342. The molecule has 2 aromatic carbocycles. The summed E-state index contributed by atoms with van der Waals surface area (Å²) in [5.74, 6) is 0.869. The third-order valence-electron chi connectivity index (χ3n) is 4.96. The number of halogens is 2. The lowest BCUT2D eigenvalue weighted by molar-refractivity contribution is 0.0974. The van der Waals surface area contributed by atoms with E-state index in [9.17, 15) is 4.79 Å². The number of amides is 1. The van der Waals surface area contributed by atoms with Gasteiger partial charge in [0.05, 0.1) is 28.5 Å². The number of anilines is 2. The van der Waals surface area contributed by atoms with E-state index >= 15 is 0 Å². The Kier molecular flexibility index (Phi) is 7.54. The van der Waals surface area contributed by atoms with Crippen molar-refractivity contribution in [3.05, 3.63) is 50.9 Å². The molecule has 1 amide bonds. The van der Waals surface area contributed by atoms with Crippen LogP contribution >= 0.6 is 44.1 Å². The molecular weight excluding hydrogens is 518 g/mol. The summed E-state index contributed by atoms with van der Waals surface area (Å²) >= 11 is 12.2. The quantitative estimate of drug-likeness (QED) is 0.495. The largest absolute Gasteiger partial charge is 0.495 e. The molecule has 1 heterocycles. The molecule has 5 nitrogen and oxygen atoms in total. The van der Waals surface area contributed by atoms with E-state index in [1.165, 1.54) is 20.0 Å². The summed E-state index contributed by atoms with van der Waals surface area (Å²) in [4.78, 5) is 15.1. The number of para-hydroxylation sites is 2. The van der Waals surface area contributed by atoms with Crippen LogP contribution in [0.2, 0.25) is 0 Å². The van der Waals surface area contributed by atoms with Crippen LogP contribution in [0.5, 0.6) is 5.75 Å². The highest BCUT2D eigenvalue weighted by molar-refractivity contribution is 9.11. The number of piperidine rings is 1. The number of nitrogens with one attached hydrogen (secondary N) is 2. The number of rotatable bonds is 4.